The molecule has 3 rings (SSSR count). The molecule has 0 unspecified atom stereocenters. The van der Waals surface area contributed by atoms with Crippen molar-refractivity contribution >= 4 is 21.8 Å². The van der Waals surface area contributed by atoms with E-state index in [2.05, 4.69) is 26.1 Å². The number of hydrogen-bond donors (Lipinski definition) is 2. The number of nitrogens with zero attached hydrogens (tertiary/aromatic N) is 1. The third-order valence-corrected chi connectivity index (χ3v) is 7.41. The molecule has 2 aromatic rings. The first-order chi connectivity index (χ1) is 14.9. The third kappa shape index (κ3) is 5.40. The van der Waals surface area contributed by atoms with Crippen LogP contribution in [-0.2, 0) is 20.2 Å². The average Bonchev–Trinajstić information content (AvgIpc) is 2.73. The van der Waals surface area contributed by atoms with Gasteiger partial charge in [0.05, 0.1) is 7.11 Å². The molecule has 174 valence electrons. The van der Waals surface area contributed by atoms with E-state index in [9.17, 15) is 18.3 Å². The fourth-order valence-electron chi connectivity index (χ4n) is 3.52. The van der Waals surface area contributed by atoms with Crippen LogP contribution in [0.5, 0.6) is 5.75 Å². The van der Waals surface area contributed by atoms with Crippen molar-refractivity contribution in [2.45, 2.75) is 49.7 Å². The van der Waals surface area contributed by atoms with E-state index >= 15 is 0 Å². The van der Waals surface area contributed by atoms with Gasteiger partial charge >= 0.3 is 6.09 Å². The molecule has 9 heteroatoms. The highest BCUT2D eigenvalue weighted by atomic mass is 32.2. The van der Waals surface area contributed by atoms with E-state index < -0.39 is 21.9 Å². The second-order valence-corrected chi connectivity index (χ2v) is 10.7. The van der Waals surface area contributed by atoms with Crippen LogP contribution in [0.15, 0.2) is 53.4 Å². The van der Waals surface area contributed by atoms with Gasteiger partial charge in [-0.05, 0) is 35.2 Å². The van der Waals surface area contributed by atoms with Gasteiger partial charge in [-0.1, -0.05) is 45.0 Å². The number of piperidine rings is 1. The lowest BCUT2D eigenvalue weighted by atomic mass is 9.87. The molecule has 0 aromatic heterocycles. The van der Waals surface area contributed by atoms with Crippen LogP contribution in [0.4, 0.5) is 10.5 Å². The molecule has 1 aliphatic rings. The van der Waals surface area contributed by atoms with Crippen LogP contribution >= 0.6 is 0 Å². The Labute approximate surface area is 189 Å². The summed E-state index contributed by atoms with van der Waals surface area (Å²) in [6.45, 7) is 6.30. The first-order valence-electron chi connectivity index (χ1n) is 10.4. The Hall–Kier alpha value is -2.62. The SMILES string of the molecule is COc1ccccc1S(=O)(=O)N1CCC(O)(OC(=O)Nc2ccc(C(C)(C)C)cc2)CC1. The first-order valence-corrected chi connectivity index (χ1v) is 11.8. The second kappa shape index (κ2) is 9.09. The molecule has 32 heavy (non-hydrogen) atoms. The molecule has 1 amide bonds. The Balaban J connectivity index is 1.60. The second-order valence-electron chi connectivity index (χ2n) is 8.84. The van der Waals surface area contributed by atoms with Crippen molar-refractivity contribution < 1.29 is 27.8 Å². The molecule has 0 radical (unpaired) electrons. The van der Waals surface area contributed by atoms with Crippen molar-refractivity contribution in [3.8, 4) is 5.75 Å². The molecular formula is C23H30N2O6S. The predicted molar refractivity (Wildman–Crippen MR) is 121 cm³/mol. The van der Waals surface area contributed by atoms with Crippen LogP contribution in [0, 0.1) is 0 Å². The van der Waals surface area contributed by atoms with Gasteiger partial charge < -0.3 is 14.6 Å². The highest BCUT2D eigenvalue weighted by molar-refractivity contribution is 7.89. The normalized spacial score (nSPS) is 16.9. The molecule has 0 spiro atoms. The zero-order valence-electron chi connectivity index (χ0n) is 18.8. The largest absolute Gasteiger partial charge is 0.495 e. The number of anilines is 1. The van der Waals surface area contributed by atoms with Gasteiger partial charge in [-0.25, -0.2) is 13.2 Å². The average molecular weight is 463 g/mol. The van der Waals surface area contributed by atoms with Crippen LogP contribution < -0.4 is 10.1 Å². The Morgan fingerprint density at radius 3 is 2.22 bits per heavy atom. The molecule has 0 saturated carbocycles. The summed E-state index contributed by atoms with van der Waals surface area (Å²) >= 11 is 0. The van der Waals surface area contributed by atoms with Gasteiger partial charge in [-0.2, -0.15) is 4.31 Å². The summed E-state index contributed by atoms with van der Waals surface area (Å²) in [6.07, 6.45) is -0.882. The van der Waals surface area contributed by atoms with Crippen molar-refractivity contribution in [1.29, 1.82) is 0 Å². The monoisotopic (exact) mass is 462 g/mol. The van der Waals surface area contributed by atoms with Crippen LogP contribution in [-0.4, -0.2) is 49.9 Å². The lowest BCUT2D eigenvalue weighted by Crippen LogP contribution is -2.49. The van der Waals surface area contributed by atoms with Gasteiger partial charge in [0.1, 0.15) is 10.6 Å². The van der Waals surface area contributed by atoms with Gasteiger partial charge in [-0.15, -0.1) is 0 Å². The molecule has 1 heterocycles. The molecule has 1 saturated heterocycles. The lowest BCUT2D eigenvalue weighted by Gasteiger charge is -2.36. The molecule has 2 aromatic carbocycles. The summed E-state index contributed by atoms with van der Waals surface area (Å²) < 4.78 is 37.6. The maximum Gasteiger partial charge on any atom is 0.414 e. The maximum atomic E-state index is 13.0. The van der Waals surface area contributed by atoms with Crippen molar-refractivity contribution in [3.05, 3.63) is 54.1 Å². The first kappa shape index (κ1) is 24.0. The minimum absolute atomic E-state index is 0.00441. The minimum Gasteiger partial charge on any atom is -0.495 e. The zero-order chi connectivity index (χ0) is 23.6. The van der Waals surface area contributed by atoms with E-state index in [1.807, 2.05) is 12.1 Å². The summed E-state index contributed by atoms with van der Waals surface area (Å²) in [5, 5.41) is 13.3. The number of para-hydroxylation sites is 1. The standard InChI is InChI=1S/C23H30N2O6S/c1-22(2,3)17-9-11-18(12-10-17)24-21(26)31-23(27)13-15-25(16-14-23)32(28,29)20-8-6-5-7-19(20)30-4/h5-12,27H,13-16H2,1-4H3,(H,24,26). The quantitative estimate of drug-likeness (QED) is 0.656. The van der Waals surface area contributed by atoms with Gasteiger partial charge in [0.25, 0.3) is 0 Å². The van der Waals surface area contributed by atoms with E-state index in [1.165, 1.54) is 17.5 Å². The number of sulfonamides is 1. The number of ether oxygens (including phenoxy) is 2. The number of aliphatic hydroxyl groups is 1. The molecule has 1 fully saturated rings. The molecule has 0 atom stereocenters. The fourth-order valence-corrected chi connectivity index (χ4v) is 5.12. The van der Waals surface area contributed by atoms with Crippen molar-refractivity contribution in [1.82, 2.24) is 4.31 Å². The lowest BCUT2D eigenvalue weighted by molar-refractivity contribution is -0.180. The number of amides is 1. The predicted octanol–water partition coefficient (Wildman–Crippen LogP) is 3.71. The number of rotatable bonds is 5. The zero-order valence-corrected chi connectivity index (χ0v) is 19.6. The molecule has 0 bridgehead atoms. The Bertz CT molecular complexity index is 1050. The Morgan fingerprint density at radius 1 is 1.06 bits per heavy atom. The van der Waals surface area contributed by atoms with E-state index in [4.69, 9.17) is 9.47 Å². The fraction of sp³-hybridized carbons (Fsp3) is 0.435. The topological polar surface area (TPSA) is 105 Å². The third-order valence-electron chi connectivity index (χ3n) is 5.47. The minimum atomic E-state index is -3.81. The van der Waals surface area contributed by atoms with E-state index in [0.717, 1.165) is 5.56 Å². The highest BCUT2D eigenvalue weighted by Crippen LogP contribution is 2.31. The Kier molecular flexibility index (Phi) is 6.83. The van der Waals surface area contributed by atoms with Gasteiger partial charge in [0.15, 0.2) is 0 Å². The number of carbonyl (C=O) groups is 1. The summed E-state index contributed by atoms with van der Waals surface area (Å²) in [5.74, 6) is -1.50. The number of methoxy groups -OCH3 is 1. The Morgan fingerprint density at radius 2 is 1.66 bits per heavy atom. The molecule has 0 aliphatic carbocycles. The summed E-state index contributed by atoms with van der Waals surface area (Å²) in [6, 6.07) is 13.8. The van der Waals surface area contributed by atoms with Crippen LogP contribution in [0.2, 0.25) is 0 Å². The maximum absolute atomic E-state index is 13.0. The number of carbonyl (C=O) groups excluding carboxylic acids is 1. The smallest absolute Gasteiger partial charge is 0.414 e. The van der Waals surface area contributed by atoms with Gasteiger partial charge in [0, 0.05) is 31.6 Å². The van der Waals surface area contributed by atoms with E-state index in [-0.39, 0.29) is 42.0 Å². The molecule has 8 nitrogen and oxygen atoms in total. The van der Waals surface area contributed by atoms with Gasteiger partial charge in [-0.3, -0.25) is 5.32 Å². The van der Waals surface area contributed by atoms with Crippen molar-refractivity contribution in [3.63, 3.8) is 0 Å². The van der Waals surface area contributed by atoms with Crippen molar-refractivity contribution in [2.24, 2.45) is 0 Å². The van der Waals surface area contributed by atoms with Crippen molar-refractivity contribution in [2.75, 3.05) is 25.5 Å². The number of benzene rings is 2. The molecule has 1 aliphatic heterocycles. The molecular weight excluding hydrogens is 432 g/mol. The van der Waals surface area contributed by atoms with Crippen LogP contribution in [0.3, 0.4) is 0 Å². The summed E-state index contributed by atoms with van der Waals surface area (Å²) in [5.41, 5.74) is 1.66. The number of hydrogen-bond acceptors (Lipinski definition) is 6. The summed E-state index contributed by atoms with van der Waals surface area (Å²) in [4.78, 5) is 12.4. The number of nitrogens with one attached hydrogen (secondary N) is 1. The van der Waals surface area contributed by atoms with E-state index in [1.54, 1.807) is 30.3 Å². The molecule has 2 N–H and O–H groups in total. The van der Waals surface area contributed by atoms with Gasteiger partial charge in [0.2, 0.25) is 15.8 Å². The highest BCUT2D eigenvalue weighted by Gasteiger charge is 2.40. The summed E-state index contributed by atoms with van der Waals surface area (Å²) in [7, 11) is -2.40. The van der Waals surface area contributed by atoms with Crippen LogP contribution in [0.1, 0.15) is 39.2 Å². The van der Waals surface area contributed by atoms with E-state index in [0.29, 0.717) is 5.69 Å². The van der Waals surface area contributed by atoms with Crippen LogP contribution in [0.25, 0.3) is 0 Å².